The maximum absolute atomic E-state index is 11.6. The molecule has 0 aliphatic rings. The number of nitrogens with one attached hydrogen (secondary N) is 1. The molecule has 1 amide bonds. The van der Waals surface area contributed by atoms with Crippen molar-refractivity contribution >= 4 is 21.8 Å². The van der Waals surface area contributed by atoms with E-state index in [2.05, 4.69) is 21.2 Å². The molecule has 0 aliphatic carbocycles. The Morgan fingerprint density at radius 1 is 1.22 bits per heavy atom. The van der Waals surface area contributed by atoms with Crippen LogP contribution in [0.1, 0.15) is 31.2 Å². The summed E-state index contributed by atoms with van der Waals surface area (Å²) in [6.45, 7) is 0.585. The number of amides is 1. The summed E-state index contributed by atoms with van der Waals surface area (Å²) in [6.07, 6.45) is 3.80. The lowest BCUT2D eigenvalue weighted by molar-refractivity contribution is -0.121. The molecule has 1 N–H and O–H groups in total. The minimum atomic E-state index is 0.125. The van der Waals surface area contributed by atoms with Gasteiger partial charge < -0.3 is 10.1 Å². The van der Waals surface area contributed by atoms with Gasteiger partial charge in [-0.1, -0.05) is 34.5 Å². The molecule has 4 heteroatoms. The molecule has 0 spiro atoms. The van der Waals surface area contributed by atoms with Crippen molar-refractivity contribution in [1.29, 1.82) is 0 Å². The zero-order valence-corrected chi connectivity index (χ0v) is 12.3. The molecule has 1 rings (SSSR count). The molecule has 0 radical (unpaired) electrons. The first-order chi connectivity index (χ1) is 8.76. The molecular weight excluding hydrogens is 294 g/mol. The fraction of sp³-hybridized carbons (Fsp3) is 0.500. The Morgan fingerprint density at radius 3 is 2.56 bits per heavy atom. The molecule has 1 aromatic carbocycles. The zero-order valence-electron chi connectivity index (χ0n) is 10.7. The number of hydrogen-bond donors (Lipinski definition) is 1. The molecule has 18 heavy (non-hydrogen) atoms. The first kappa shape index (κ1) is 15.0. The lowest BCUT2D eigenvalue weighted by Gasteiger charge is -2.06. The average Bonchev–Trinajstić information content (AvgIpc) is 2.42. The Kier molecular flexibility index (Phi) is 7.49. The molecule has 1 aromatic rings. The summed E-state index contributed by atoms with van der Waals surface area (Å²) in [4.78, 5) is 11.6. The van der Waals surface area contributed by atoms with Crippen molar-refractivity contribution < 1.29 is 9.53 Å². The topological polar surface area (TPSA) is 38.3 Å². The van der Waals surface area contributed by atoms with Crippen LogP contribution in [0.5, 0.6) is 5.75 Å². The second kappa shape index (κ2) is 8.97. The highest BCUT2D eigenvalue weighted by Gasteiger charge is 2.01. The van der Waals surface area contributed by atoms with E-state index in [1.165, 1.54) is 0 Å². The van der Waals surface area contributed by atoms with E-state index in [0.29, 0.717) is 13.0 Å². The molecule has 0 bridgehead atoms. The highest BCUT2D eigenvalue weighted by Crippen LogP contribution is 2.11. The molecule has 0 saturated carbocycles. The highest BCUT2D eigenvalue weighted by atomic mass is 79.9. The summed E-state index contributed by atoms with van der Waals surface area (Å²) in [5, 5.41) is 3.94. The van der Waals surface area contributed by atoms with Crippen molar-refractivity contribution in [3.05, 3.63) is 29.8 Å². The first-order valence-corrected chi connectivity index (χ1v) is 7.34. The Balaban J connectivity index is 2.20. The summed E-state index contributed by atoms with van der Waals surface area (Å²) >= 11 is 3.38. The van der Waals surface area contributed by atoms with Crippen molar-refractivity contribution in [3.63, 3.8) is 0 Å². The van der Waals surface area contributed by atoms with Crippen LogP contribution in [-0.4, -0.2) is 18.3 Å². The van der Waals surface area contributed by atoms with Crippen LogP contribution in [0.2, 0.25) is 0 Å². The molecule has 0 saturated heterocycles. The van der Waals surface area contributed by atoms with Crippen LogP contribution in [-0.2, 0) is 11.3 Å². The summed E-state index contributed by atoms with van der Waals surface area (Å²) in [7, 11) is 1.64. The number of methoxy groups -OCH3 is 1. The van der Waals surface area contributed by atoms with Crippen LogP contribution >= 0.6 is 15.9 Å². The van der Waals surface area contributed by atoms with E-state index in [0.717, 1.165) is 35.9 Å². The van der Waals surface area contributed by atoms with E-state index in [1.807, 2.05) is 24.3 Å². The van der Waals surface area contributed by atoms with E-state index in [1.54, 1.807) is 7.11 Å². The third kappa shape index (κ3) is 6.05. The van der Waals surface area contributed by atoms with Crippen molar-refractivity contribution in [2.45, 2.75) is 32.2 Å². The number of carbonyl (C=O) groups excluding carboxylic acids is 1. The van der Waals surface area contributed by atoms with Crippen LogP contribution in [0.3, 0.4) is 0 Å². The number of benzene rings is 1. The van der Waals surface area contributed by atoms with Gasteiger partial charge in [-0.3, -0.25) is 4.79 Å². The van der Waals surface area contributed by atoms with Crippen LogP contribution in [0.4, 0.5) is 0 Å². The number of carbonyl (C=O) groups is 1. The third-order valence-corrected chi connectivity index (χ3v) is 3.25. The fourth-order valence-corrected chi connectivity index (χ4v) is 1.99. The minimum absolute atomic E-state index is 0.125. The van der Waals surface area contributed by atoms with Gasteiger partial charge in [0, 0.05) is 18.3 Å². The van der Waals surface area contributed by atoms with Crippen molar-refractivity contribution in [3.8, 4) is 5.75 Å². The van der Waals surface area contributed by atoms with Crippen molar-refractivity contribution in [2.24, 2.45) is 0 Å². The van der Waals surface area contributed by atoms with Gasteiger partial charge in [-0.25, -0.2) is 0 Å². The summed E-state index contributed by atoms with van der Waals surface area (Å²) in [6, 6.07) is 7.73. The van der Waals surface area contributed by atoms with Gasteiger partial charge in [0.2, 0.25) is 5.91 Å². The molecule has 0 fully saturated rings. The third-order valence-electron chi connectivity index (χ3n) is 2.69. The summed E-state index contributed by atoms with van der Waals surface area (Å²) in [5.74, 6) is 0.959. The minimum Gasteiger partial charge on any atom is -0.497 e. The standard InChI is InChI=1S/C14H20BrNO2/c1-18-13-8-6-12(7-9-13)11-16-14(17)5-3-2-4-10-15/h6-9H,2-5,10-11H2,1H3,(H,16,17). The number of ether oxygens (including phenoxy) is 1. The average molecular weight is 314 g/mol. The van der Waals surface area contributed by atoms with Crippen molar-refractivity contribution in [2.75, 3.05) is 12.4 Å². The Hall–Kier alpha value is -1.03. The lowest BCUT2D eigenvalue weighted by Crippen LogP contribution is -2.22. The van der Waals surface area contributed by atoms with Gasteiger partial charge in [0.15, 0.2) is 0 Å². The van der Waals surface area contributed by atoms with Crippen LogP contribution in [0.15, 0.2) is 24.3 Å². The summed E-state index contributed by atoms with van der Waals surface area (Å²) in [5.41, 5.74) is 1.09. The summed E-state index contributed by atoms with van der Waals surface area (Å²) < 4.78 is 5.08. The molecule has 0 atom stereocenters. The van der Waals surface area contributed by atoms with E-state index >= 15 is 0 Å². The van der Waals surface area contributed by atoms with Gasteiger partial charge in [0.25, 0.3) is 0 Å². The predicted molar refractivity (Wildman–Crippen MR) is 77.1 cm³/mol. The molecule has 100 valence electrons. The Bertz CT molecular complexity index is 351. The fourth-order valence-electron chi connectivity index (χ4n) is 1.59. The molecule has 0 heterocycles. The van der Waals surface area contributed by atoms with Crippen molar-refractivity contribution in [1.82, 2.24) is 5.32 Å². The van der Waals surface area contributed by atoms with Crippen LogP contribution in [0, 0.1) is 0 Å². The molecule has 0 aliphatic heterocycles. The normalized spacial score (nSPS) is 10.1. The molecule has 0 aromatic heterocycles. The maximum atomic E-state index is 11.6. The largest absolute Gasteiger partial charge is 0.497 e. The molecule has 0 unspecified atom stereocenters. The smallest absolute Gasteiger partial charge is 0.220 e. The number of alkyl halides is 1. The zero-order chi connectivity index (χ0) is 13.2. The van der Waals surface area contributed by atoms with Gasteiger partial charge in [0.1, 0.15) is 5.75 Å². The Morgan fingerprint density at radius 2 is 1.94 bits per heavy atom. The van der Waals surface area contributed by atoms with Gasteiger partial charge in [0.05, 0.1) is 7.11 Å². The lowest BCUT2D eigenvalue weighted by atomic mass is 10.2. The van der Waals surface area contributed by atoms with Gasteiger partial charge in [-0.15, -0.1) is 0 Å². The number of hydrogen-bond acceptors (Lipinski definition) is 2. The van der Waals surface area contributed by atoms with Crippen LogP contribution in [0.25, 0.3) is 0 Å². The number of unbranched alkanes of at least 4 members (excludes halogenated alkanes) is 2. The second-order valence-electron chi connectivity index (χ2n) is 4.12. The number of halogens is 1. The molecular formula is C14H20BrNO2. The second-order valence-corrected chi connectivity index (χ2v) is 4.92. The first-order valence-electron chi connectivity index (χ1n) is 6.22. The van der Waals surface area contributed by atoms with Crippen LogP contribution < -0.4 is 10.1 Å². The monoisotopic (exact) mass is 313 g/mol. The SMILES string of the molecule is COc1ccc(CNC(=O)CCCCCBr)cc1. The van der Waals surface area contributed by atoms with Gasteiger partial charge in [-0.2, -0.15) is 0 Å². The molecule has 3 nitrogen and oxygen atoms in total. The highest BCUT2D eigenvalue weighted by molar-refractivity contribution is 9.09. The predicted octanol–water partition coefficient (Wildman–Crippen LogP) is 3.27. The number of rotatable bonds is 8. The van der Waals surface area contributed by atoms with Gasteiger partial charge >= 0.3 is 0 Å². The van der Waals surface area contributed by atoms with E-state index in [-0.39, 0.29) is 5.91 Å². The van der Waals surface area contributed by atoms with E-state index in [4.69, 9.17) is 4.74 Å². The maximum Gasteiger partial charge on any atom is 0.220 e. The quantitative estimate of drug-likeness (QED) is 0.591. The Labute approximate surface area is 117 Å². The van der Waals surface area contributed by atoms with E-state index < -0.39 is 0 Å². The van der Waals surface area contributed by atoms with E-state index in [9.17, 15) is 4.79 Å². The van der Waals surface area contributed by atoms with Gasteiger partial charge in [-0.05, 0) is 30.5 Å².